The normalized spacial score (nSPS) is 10.8. The first-order valence-corrected chi connectivity index (χ1v) is 8.41. The summed E-state index contributed by atoms with van der Waals surface area (Å²) in [6, 6.07) is 9.16. The van der Waals surface area contributed by atoms with Crippen molar-refractivity contribution in [2.45, 2.75) is 13.8 Å². The highest BCUT2D eigenvalue weighted by atomic mass is 35.5. The average molecular weight is 366 g/mol. The third-order valence-corrected chi connectivity index (χ3v) is 5.10. The van der Waals surface area contributed by atoms with Gasteiger partial charge >= 0.3 is 0 Å². The number of thiazole rings is 1. The van der Waals surface area contributed by atoms with E-state index in [-0.39, 0.29) is 5.91 Å². The fraction of sp³-hybridized carbons (Fsp3) is 0.125. The number of hydrazine groups is 1. The van der Waals surface area contributed by atoms with Crippen LogP contribution in [-0.4, -0.2) is 10.9 Å². The Morgan fingerprint density at radius 1 is 1.13 bits per heavy atom. The quantitative estimate of drug-likeness (QED) is 0.643. The maximum atomic E-state index is 12.3. The van der Waals surface area contributed by atoms with Crippen molar-refractivity contribution in [2.75, 3.05) is 5.43 Å². The Morgan fingerprint density at radius 3 is 2.61 bits per heavy atom. The molecule has 1 heterocycles. The lowest BCUT2D eigenvalue weighted by atomic mass is 10.1. The highest BCUT2D eigenvalue weighted by molar-refractivity contribution is 7.22. The fourth-order valence-electron chi connectivity index (χ4n) is 2.16. The molecule has 23 heavy (non-hydrogen) atoms. The Balaban J connectivity index is 1.81. The number of carbonyl (C=O) groups is 1. The first kappa shape index (κ1) is 16.1. The van der Waals surface area contributed by atoms with Crippen molar-refractivity contribution < 1.29 is 4.79 Å². The van der Waals surface area contributed by atoms with Gasteiger partial charge in [-0.2, -0.15) is 0 Å². The Labute approximate surface area is 147 Å². The van der Waals surface area contributed by atoms with Crippen LogP contribution in [-0.2, 0) is 0 Å². The summed E-state index contributed by atoms with van der Waals surface area (Å²) < 4.78 is 0.780. The zero-order chi connectivity index (χ0) is 16.6. The monoisotopic (exact) mass is 365 g/mol. The van der Waals surface area contributed by atoms with Crippen LogP contribution in [0.1, 0.15) is 21.5 Å². The van der Waals surface area contributed by atoms with E-state index in [2.05, 4.69) is 15.8 Å². The van der Waals surface area contributed by atoms with E-state index in [1.165, 1.54) is 11.3 Å². The molecule has 2 N–H and O–H groups in total. The number of aryl methyl sites for hydroxylation is 2. The number of carbonyl (C=O) groups excluding carboxylic acids is 1. The molecule has 0 saturated carbocycles. The van der Waals surface area contributed by atoms with Crippen molar-refractivity contribution in [3.05, 3.63) is 57.1 Å². The van der Waals surface area contributed by atoms with Crippen molar-refractivity contribution in [3.63, 3.8) is 0 Å². The zero-order valence-electron chi connectivity index (χ0n) is 12.4. The summed E-state index contributed by atoms with van der Waals surface area (Å²) in [5.74, 6) is -0.220. The Kier molecular flexibility index (Phi) is 4.43. The van der Waals surface area contributed by atoms with Crippen LogP contribution in [0.3, 0.4) is 0 Å². The number of rotatable bonds is 3. The number of fused-ring (bicyclic) bond motifs is 1. The fourth-order valence-corrected chi connectivity index (χ4v) is 3.53. The summed E-state index contributed by atoms with van der Waals surface area (Å²) in [5.41, 5.74) is 8.65. The van der Waals surface area contributed by atoms with E-state index in [0.29, 0.717) is 26.3 Å². The molecule has 1 amide bonds. The number of halogens is 2. The third-order valence-electron chi connectivity index (χ3n) is 3.37. The van der Waals surface area contributed by atoms with Crippen LogP contribution < -0.4 is 10.9 Å². The van der Waals surface area contributed by atoms with E-state index >= 15 is 0 Å². The molecule has 0 aliphatic heterocycles. The molecular formula is C16H13Cl2N3OS. The van der Waals surface area contributed by atoms with Gasteiger partial charge in [-0.15, -0.1) is 0 Å². The van der Waals surface area contributed by atoms with E-state index in [4.69, 9.17) is 23.2 Å². The highest BCUT2D eigenvalue weighted by Gasteiger charge is 2.13. The smallest absolute Gasteiger partial charge is 0.269 e. The molecular weight excluding hydrogens is 353 g/mol. The van der Waals surface area contributed by atoms with Gasteiger partial charge in [0.05, 0.1) is 14.7 Å². The summed E-state index contributed by atoms with van der Waals surface area (Å²) in [7, 11) is 0. The second-order valence-corrected chi connectivity index (χ2v) is 6.94. The molecule has 0 fully saturated rings. The number of anilines is 1. The number of hydrogen-bond acceptors (Lipinski definition) is 4. The van der Waals surface area contributed by atoms with Crippen LogP contribution in [0, 0.1) is 13.8 Å². The predicted octanol–water partition coefficient (Wildman–Crippen LogP) is 4.98. The van der Waals surface area contributed by atoms with Gasteiger partial charge in [0.25, 0.3) is 5.91 Å². The van der Waals surface area contributed by atoms with Crippen LogP contribution in [0.25, 0.3) is 10.2 Å². The van der Waals surface area contributed by atoms with Crippen LogP contribution in [0.2, 0.25) is 10.0 Å². The molecule has 0 spiro atoms. The molecule has 0 aliphatic carbocycles. The molecule has 3 aromatic rings. The molecule has 0 atom stereocenters. The standard InChI is InChI=1S/C16H13Cl2N3OS/c1-8-3-4-9(2)10(7-8)15(22)20-21-16-19-13-11(17)5-6-12(18)14(13)23-16/h3-7H,1-2H3,(H,19,21)(H,20,22). The number of amides is 1. The molecule has 0 radical (unpaired) electrons. The largest absolute Gasteiger partial charge is 0.273 e. The zero-order valence-corrected chi connectivity index (χ0v) is 14.7. The number of aromatic nitrogens is 1. The van der Waals surface area contributed by atoms with Crippen molar-refractivity contribution >= 4 is 55.8 Å². The first-order valence-electron chi connectivity index (χ1n) is 6.84. The molecule has 2 aromatic carbocycles. The van der Waals surface area contributed by atoms with Gasteiger partial charge in [0.2, 0.25) is 5.13 Å². The highest BCUT2D eigenvalue weighted by Crippen LogP contribution is 2.35. The van der Waals surface area contributed by atoms with E-state index in [1.54, 1.807) is 12.1 Å². The predicted molar refractivity (Wildman–Crippen MR) is 96.6 cm³/mol. The van der Waals surface area contributed by atoms with Gasteiger partial charge in [0.15, 0.2) is 0 Å². The van der Waals surface area contributed by atoms with Crippen LogP contribution in [0.5, 0.6) is 0 Å². The maximum absolute atomic E-state index is 12.3. The van der Waals surface area contributed by atoms with Crippen molar-refractivity contribution in [1.82, 2.24) is 10.4 Å². The van der Waals surface area contributed by atoms with Gasteiger partial charge < -0.3 is 0 Å². The second kappa shape index (κ2) is 6.35. The van der Waals surface area contributed by atoms with E-state index < -0.39 is 0 Å². The molecule has 118 valence electrons. The Bertz CT molecular complexity index is 869. The topological polar surface area (TPSA) is 54.0 Å². The Morgan fingerprint density at radius 2 is 1.87 bits per heavy atom. The molecule has 0 bridgehead atoms. The van der Waals surface area contributed by atoms with E-state index in [1.807, 2.05) is 32.0 Å². The molecule has 1 aromatic heterocycles. The van der Waals surface area contributed by atoms with Crippen molar-refractivity contribution in [1.29, 1.82) is 0 Å². The SMILES string of the molecule is Cc1ccc(C)c(C(=O)NNc2nc3c(Cl)ccc(Cl)c3s2)c1. The van der Waals surface area contributed by atoms with Gasteiger partial charge in [0, 0.05) is 5.56 Å². The van der Waals surface area contributed by atoms with Gasteiger partial charge in [-0.05, 0) is 37.6 Å². The minimum atomic E-state index is -0.220. The number of benzene rings is 2. The first-order chi connectivity index (χ1) is 11.0. The summed E-state index contributed by atoms with van der Waals surface area (Å²) in [5, 5.41) is 1.62. The maximum Gasteiger partial charge on any atom is 0.269 e. The van der Waals surface area contributed by atoms with Crippen LogP contribution in [0.15, 0.2) is 30.3 Å². The molecule has 7 heteroatoms. The second-order valence-electron chi connectivity index (χ2n) is 5.12. The number of hydrogen-bond donors (Lipinski definition) is 2. The van der Waals surface area contributed by atoms with Gasteiger partial charge in [0.1, 0.15) is 5.52 Å². The van der Waals surface area contributed by atoms with E-state index in [0.717, 1.165) is 15.8 Å². The molecule has 4 nitrogen and oxygen atoms in total. The van der Waals surface area contributed by atoms with Gasteiger partial charge in [-0.25, -0.2) is 4.98 Å². The lowest BCUT2D eigenvalue weighted by Gasteiger charge is -2.08. The summed E-state index contributed by atoms with van der Waals surface area (Å²) in [6.45, 7) is 3.84. The Hall–Kier alpha value is -1.82. The molecule has 0 saturated heterocycles. The number of nitrogens with one attached hydrogen (secondary N) is 2. The molecule has 3 rings (SSSR count). The average Bonchev–Trinajstić information content (AvgIpc) is 2.96. The van der Waals surface area contributed by atoms with Crippen LogP contribution in [0.4, 0.5) is 5.13 Å². The molecule has 0 aliphatic rings. The minimum absolute atomic E-state index is 0.220. The van der Waals surface area contributed by atoms with Gasteiger partial charge in [-0.1, -0.05) is 52.2 Å². The summed E-state index contributed by atoms with van der Waals surface area (Å²) >= 11 is 13.6. The van der Waals surface area contributed by atoms with Crippen molar-refractivity contribution in [3.8, 4) is 0 Å². The van der Waals surface area contributed by atoms with Crippen LogP contribution >= 0.6 is 34.5 Å². The third kappa shape index (κ3) is 3.27. The van der Waals surface area contributed by atoms with E-state index in [9.17, 15) is 4.79 Å². The van der Waals surface area contributed by atoms with Gasteiger partial charge in [-0.3, -0.25) is 15.6 Å². The minimum Gasteiger partial charge on any atom is -0.273 e. The lowest BCUT2D eigenvalue weighted by Crippen LogP contribution is -2.29. The van der Waals surface area contributed by atoms with Crippen molar-refractivity contribution in [2.24, 2.45) is 0 Å². The lowest BCUT2D eigenvalue weighted by molar-refractivity contribution is 0.0962. The summed E-state index contributed by atoms with van der Waals surface area (Å²) in [6.07, 6.45) is 0. The summed E-state index contributed by atoms with van der Waals surface area (Å²) in [4.78, 5) is 16.6. The number of nitrogens with zero attached hydrogens (tertiary/aromatic N) is 1. The molecule has 0 unspecified atom stereocenters.